The van der Waals surface area contributed by atoms with E-state index in [1.165, 1.54) is 18.2 Å². The number of carbonyl (C=O) groups excluding carboxylic acids is 1. The minimum Gasteiger partial charge on any atom is -0.379 e. The van der Waals surface area contributed by atoms with Crippen molar-refractivity contribution in [1.29, 1.82) is 0 Å². The van der Waals surface area contributed by atoms with Crippen molar-refractivity contribution in [2.75, 3.05) is 17.9 Å². The van der Waals surface area contributed by atoms with Crippen molar-refractivity contribution in [3.63, 3.8) is 0 Å². The highest BCUT2D eigenvalue weighted by atomic mass is 35.5. The van der Waals surface area contributed by atoms with Gasteiger partial charge in [-0.05, 0) is 55.3 Å². The molecule has 0 spiro atoms. The van der Waals surface area contributed by atoms with Gasteiger partial charge in [-0.2, -0.15) is 0 Å². The number of amides is 1. The van der Waals surface area contributed by atoms with Crippen molar-refractivity contribution >= 4 is 33.2 Å². The highest BCUT2D eigenvalue weighted by Crippen LogP contribution is 2.26. The first kappa shape index (κ1) is 19.6. The van der Waals surface area contributed by atoms with Gasteiger partial charge in [-0.15, -0.1) is 0 Å². The van der Waals surface area contributed by atoms with Crippen molar-refractivity contribution in [3.05, 3.63) is 58.9 Å². The predicted molar refractivity (Wildman–Crippen MR) is 100.0 cm³/mol. The Morgan fingerprint density at radius 1 is 1.19 bits per heavy atom. The lowest BCUT2D eigenvalue weighted by atomic mass is 10.1. The number of anilines is 1. The molecular weight excluding hydrogens is 395 g/mol. The smallest absolute Gasteiger partial charge is 0.261 e. The molecule has 0 saturated carbocycles. The third kappa shape index (κ3) is 4.97. The summed E-state index contributed by atoms with van der Waals surface area (Å²) in [5.74, 6) is -0.887. The fourth-order valence-electron chi connectivity index (χ4n) is 2.69. The van der Waals surface area contributed by atoms with Gasteiger partial charge in [0, 0.05) is 12.2 Å². The van der Waals surface area contributed by atoms with Crippen molar-refractivity contribution in [2.45, 2.75) is 23.8 Å². The minimum absolute atomic E-state index is 0.0635. The molecule has 1 saturated heterocycles. The zero-order valence-electron chi connectivity index (χ0n) is 14.2. The molecule has 0 aromatic heterocycles. The highest BCUT2D eigenvalue weighted by Gasteiger charge is 2.20. The SMILES string of the molecule is O=C(NC1CCCOC1)c1ccc(Cl)c(NS(=O)(=O)c2ccc(F)cc2)c1. The molecule has 1 unspecified atom stereocenters. The Morgan fingerprint density at radius 3 is 2.59 bits per heavy atom. The fourth-order valence-corrected chi connectivity index (χ4v) is 3.98. The van der Waals surface area contributed by atoms with Crippen LogP contribution < -0.4 is 10.0 Å². The van der Waals surface area contributed by atoms with Crippen LogP contribution in [-0.4, -0.2) is 33.6 Å². The Kier molecular flexibility index (Phi) is 5.98. The number of sulfonamides is 1. The Morgan fingerprint density at radius 2 is 1.93 bits per heavy atom. The van der Waals surface area contributed by atoms with Crippen LogP contribution in [0.4, 0.5) is 10.1 Å². The van der Waals surface area contributed by atoms with E-state index in [1.807, 2.05) is 0 Å². The molecule has 1 atom stereocenters. The highest BCUT2D eigenvalue weighted by molar-refractivity contribution is 7.92. The van der Waals surface area contributed by atoms with Gasteiger partial charge in [0.25, 0.3) is 15.9 Å². The average molecular weight is 413 g/mol. The number of halogens is 2. The van der Waals surface area contributed by atoms with Crippen LogP contribution in [0, 0.1) is 5.82 Å². The lowest BCUT2D eigenvalue weighted by molar-refractivity contribution is 0.0624. The quantitative estimate of drug-likeness (QED) is 0.789. The second kappa shape index (κ2) is 8.24. The third-order valence-corrected chi connectivity index (χ3v) is 5.80. The summed E-state index contributed by atoms with van der Waals surface area (Å²) >= 11 is 6.07. The maximum atomic E-state index is 13.0. The van der Waals surface area contributed by atoms with Crippen molar-refractivity contribution < 1.29 is 22.3 Å². The number of benzene rings is 2. The summed E-state index contributed by atoms with van der Waals surface area (Å²) in [6, 6.07) is 8.62. The first-order valence-electron chi connectivity index (χ1n) is 8.32. The molecule has 3 rings (SSSR count). The third-order valence-electron chi connectivity index (χ3n) is 4.09. The molecule has 1 fully saturated rings. The molecule has 0 aliphatic carbocycles. The molecule has 2 aromatic rings. The van der Waals surface area contributed by atoms with Crippen LogP contribution >= 0.6 is 11.6 Å². The standard InChI is InChI=1S/C18H18ClFN2O4S/c19-16-8-3-12(18(23)21-14-2-1-9-26-11-14)10-17(16)22-27(24,25)15-6-4-13(20)5-7-15/h3-8,10,14,22H,1-2,9,11H2,(H,21,23). The largest absolute Gasteiger partial charge is 0.379 e. The number of ether oxygens (including phenoxy) is 1. The van der Waals surface area contributed by atoms with E-state index in [-0.39, 0.29) is 33.1 Å². The summed E-state index contributed by atoms with van der Waals surface area (Å²) in [5, 5.41) is 2.99. The normalized spacial score (nSPS) is 17.3. The van der Waals surface area contributed by atoms with E-state index < -0.39 is 15.8 Å². The zero-order valence-corrected chi connectivity index (χ0v) is 15.8. The number of hydrogen-bond acceptors (Lipinski definition) is 4. The van der Waals surface area contributed by atoms with Gasteiger partial charge in [0.15, 0.2) is 0 Å². The molecule has 0 bridgehead atoms. The van der Waals surface area contributed by atoms with E-state index >= 15 is 0 Å². The van der Waals surface area contributed by atoms with Gasteiger partial charge in [0.2, 0.25) is 0 Å². The molecule has 1 heterocycles. The summed E-state index contributed by atoms with van der Waals surface area (Å²) in [5.41, 5.74) is 0.329. The van der Waals surface area contributed by atoms with E-state index in [9.17, 15) is 17.6 Å². The molecule has 2 aromatic carbocycles. The lowest BCUT2D eigenvalue weighted by Gasteiger charge is -2.23. The van der Waals surface area contributed by atoms with Crippen LogP contribution in [-0.2, 0) is 14.8 Å². The minimum atomic E-state index is -3.98. The van der Waals surface area contributed by atoms with E-state index in [2.05, 4.69) is 10.0 Å². The summed E-state index contributed by atoms with van der Waals surface area (Å²) in [4.78, 5) is 12.3. The first-order chi connectivity index (χ1) is 12.8. The Bertz CT molecular complexity index is 929. The summed E-state index contributed by atoms with van der Waals surface area (Å²) in [6.45, 7) is 1.13. The molecular formula is C18H18ClFN2O4S. The number of nitrogens with one attached hydrogen (secondary N) is 2. The Labute approximate surface area is 161 Å². The van der Waals surface area contributed by atoms with Crippen LogP contribution in [0.2, 0.25) is 5.02 Å². The molecule has 1 aliphatic heterocycles. The fraction of sp³-hybridized carbons (Fsp3) is 0.278. The summed E-state index contributed by atoms with van der Waals surface area (Å²) in [7, 11) is -3.98. The second-order valence-corrected chi connectivity index (χ2v) is 8.23. The number of carbonyl (C=O) groups is 1. The number of hydrogen-bond donors (Lipinski definition) is 2. The predicted octanol–water partition coefficient (Wildman–Crippen LogP) is 3.19. The van der Waals surface area contributed by atoms with Gasteiger partial charge < -0.3 is 10.1 Å². The van der Waals surface area contributed by atoms with E-state index in [1.54, 1.807) is 0 Å². The van der Waals surface area contributed by atoms with Crippen LogP contribution in [0.1, 0.15) is 23.2 Å². The second-order valence-electron chi connectivity index (χ2n) is 6.14. The zero-order chi connectivity index (χ0) is 19.4. The van der Waals surface area contributed by atoms with Gasteiger partial charge in [-0.1, -0.05) is 11.6 Å². The maximum absolute atomic E-state index is 13.0. The number of rotatable bonds is 5. The van der Waals surface area contributed by atoms with Crippen LogP contribution in [0.25, 0.3) is 0 Å². The monoisotopic (exact) mass is 412 g/mol. The van der Waals surface area contributed by atoms with Gasteiger partial charge in [0.1, 0.15) is 5.82 Å². The Balaban J connectivity index is 1.78. The van der Waals surface area contributed by atoms with Crippen LogP contribution in [0.5, 0.6) is 0 Å². The molecule has 27 heavy (non-hydrogen) atoms. The van der Waals surface area contributed by atoms with Gasteiger partial charge >= 0.3 is 0 Å². The van der Waals surface area contributed by atoms with Crippen LogP contribution in [0.15, 0.2) is 47.4 Å². The van der Waals surface area contributed by atoms with E-state index in [4.69, 9.17) is 16.3 Å². The van der Waals surface area contributed by atoms with Gasteiger partial charge in [0.05, 0.1) is 28.3 Å². The van der Waals surface area contributed by atoms with E-state index in [0.29, 0.717) is 13.2 Å². The van der Waals surface area contributed by atoms with Gasteiger partial charge in [-0.3, -0.25) is 9.52 Å². The maximum Gasteiger partial charge on any atom is 0.261 e. The van der Waals surface area contributed by atoms with Crippen molar-refractivity contribution in [3.8, 4) is 0 Å². The Hall–Kier alpha value is -2.16. The van der Waals surface area contributed by atoms with Gasteiger partial charge in [-0.25, -0.2) is 12.8 Å². The van der Waals surface area contributed by atoms with Crippen LogP contribution in [0.3, 0.4) is 0 Å². The van der Waals surface area contributed by atoms with Crippen molar-refractivity contribution in [2.24, 2.45) is 0 Å². The first-order valence-corrected chi connectivity index (χ1v) is 10.2. The molecule has 9 heteroatoms. The summed E-state index contributed by atoms with van der Waals surface area (Å²) in [6.07, 6.45) is 1.69. The molecule has 6 nitrogen and oxygen atoms in total. The van der Waals surface area contributed by atoms with E-state index in [0.717, 1.165) is 37.1 Å². The topological polar surface area (TPSA) is 84.5 Å². The molecule has 1 aliphatic rings. The molecule has 2 N–H and O–H groups in total. The molecule has 144 valence electrons. The molecule has 1 amide bonds. The van der Waals surface area contributed by atoms with Crippen molar-refractivity contribution in [1.82, 2.24) is 5.32 Å². The molecule has 0 radical (unpaired) electrons. The summed E-state index contributed by atoms with van der Waals surface area (Å²) < 4.78 is 45.6. The average Bonchev–Trinajstić information content (AvgIpc) is 2.64. The lowest BCUT2D eigenvalue weighted by Crippen LogP contribution is -2.40.